The van der Waals surface area contributed by atoms with Crippen molar-refractivity contribution in [3.8, 4) is 5.75 Å². The zero-order valence-corrected chi connectivity index (χ0v) is 9.53. The van der Waals surface area contributed by atoms with E-state index in [2.05, 4.69) is 5.32 Å². The number of hydrogen-bond donors (Lipinski definition) is 2. The van der Waals surface area contributed by atoms with E-state index in [0.29, 0.717) is 5.92 Å². The molecule has 0 amide bonds. The Labute approximate surface area is 95.7 Å². The van der Waals surface area contributed by atoms with Crippen LogP contribution in [0.25, 0.3) is 0 Å². The van der Waals surface area contributed by atoms with Gasteiger partial charge in [-0.2, -0.15) is 0 Å². The Morgan fingerprint density at radius 2 is 2.44 bits per heavy atom. The normalized spacial score (nSPS) is 19.7. The minimum Gasteiger partial charge on any atom is -0.497 e. The second kappa shape index (κ2) is 5.07. The predicted octanol–water partition coefficient (Wildman–Crippen LogP) is 1.73. The van der Waals surface area contributed by atoms with E-state index in [1.165, 1.54) is 0 Å². The molecule has 1 heterocycles. The first-order valence-electron chi connectivity index (χ1n) is 5.54. The lowest BCUT2D eigenvalue weighted by atomic mass is 10.1. The Hall–Kier alpha value is -1.42. The number of nitrogens with one attached hydrogen (secondary N) is 1. The van der Waals surface area contributed by atoms with E-state index in [1.54, 1.807) is 7.11 Å². The molecule has 16 heavy (non-hydrogen) atoms. The molecule has 4 nitrogen and oxygen atoms in total. The van der Waals surface area contributed by atoms with Crippen LogP contribution in [0.15, 0.2) is 18.2 Å². The summed E-state index contributed by atoms with van der Waals surface area (Å²) < 4.78 is 10.5. The van der Waals surface area contributed by atoms with Crippen LogP contribution in [-0.4, -0.2) is 26.9 Å². The van der Waals surface area contributed by atoms with Crippen LogP contribution in [0.5, 0.6) is 5.75 Å². The molecule has 1 aromatic rings. The summed E-state index contributed by atoms with van der Waals surface area (Å²) in [6, 6.07) is 5.64. The van der Waals surface area contributed by atoms with Crippen molar-refractivity contribution in [2.24, 2.45) is 5.92 Å². The second-order valence-electron chi connectivity index (χ2n) is 4.06. The van der Waals surface area contributed by atoms with Crippen LogP contribution >= 0.6 is 0 Å². The molecule has 1 saturated heterocycles. The number of rotatable bonds is 4. The predicted molar refractivity (Wildman–Crippen MR) is 64.8 cm³/mol. The van der Waals surface area contributed by atoms with E-state index < -0.39 is 0 Å². The molecule has 4 heteroatoms. The van der Waals surface area contributed by atoms with Gasteiger partial charge >= 0.3 is 0 Å². The van der Waals surface area contributed by atoms with Crippen LogP contribution < -0.4 is 15.8 Å². The highest BCUT2D eigenvalue weighted by Crippen LogP contribution is 2.25. The maximum absolute atomic E-state index is 5.88. The van der Waals surface area contributed by atoms with E-state index in [4.69, 9.17) is 15.2 Å². The van der Waals surface area contributed by atoms with E-state index in [1.807, 2.05) is 18.2 Å². The van der Waals surface area contributed by atoms with E-state index in [0.717, 1.165) is 43.3 Å². The Balaban J connectivity index is 1.96. The highest BCUT2D eigenvalue weighted by molar-refractivity contribution is 5.68. The first kappa shape index (κ1) is 11.1. The molecule has 0 bridgehead atoms. The Bertz CT molecular complexity index is 349. The summed E-state index contributed by atoms with van der Waals surface area (Å²) >= 11 is 0. The molecule has 0 aliphatic carbocycles. The van der Waals surface area contributed by atoms with Gasteiger partial charge in [0.25, 0.3) is 0 Å². The molecule has 88 valence electrons. The van der Waals surface area contributed by atoms with E-state index in [9.17, 15) is 0 Å². The highest BCUT2D eigenvalue weighted by atomic mass is 16.5. The van der Waals surface area contributed by atoms with Crippen LogP contribution in [-0.2, 0) is 4.74 Å². The lowest BCUT2D eigenvalue weighted by Gasteiger charge is -2.13. The smallest absolute Gasteiger partial charge is 0.121 e. The van der Waals surface area contributed by atoms with Crippen molar-refractivity contribution in [3.63, 3.8) is 0 Å². The van der Waals surface area contributed by atoms with Gasteiger partial charge in [-0.3, -0.25) is 0 Å². The largest absolute Gasteiger partial charge is 0.497 e. The number of nitrogens with two attached hydrogens (primary N) is 1. The molecule has 1 aliphatic rings. The summed E-state index contributed by atoms with van der Waals surface area (Å²) in [7, 11) is 1.65. The van der Waals surface area contributed by atoms with Crippen LogP contribution in [0, 0.1) is 5.92 Å². The SMILES string of the molecule is COc1ccc(N)c(NCC2CCOC2)c1. The van der Waals surface area contributed by atoms with Crippen LogP contribution in [0.1, 0.15) is 6.42 Å². The van der Waals surface area contributed by atoms with Gasteiger partial charge in [0.05, 0.1) is 25.1 Å². The van der Waals surface area contributed by atoms with Gasteiger partial charge in [-0.05, 0) is 18.6 Å². The van der Waals surface area contributed by atoms with Gasteiger partial charge in [-0.15, -0.1) is 0 Å². The third-order valence-electron chi connectivity index (χ3n) is 2.87. The van der Waals surface area contributed by atoms with Gasteiger partial charge in [0, 0.05) is 25.1 Å². The Morgan fingerprint density at radius 3 is 3.12 bits per heavy atom. The number of anilines is 2. The molecule has 1 aliphatic heterocycles. The van der Waals surface area contributed by atoms with Crippen LogP contribution in [0.4, 0.5) is 11.4 Å². The molecule has 1 aromatic carbocycles. The molecule has 0 radical (unpaired) electrons. The Kier molecular flexibility index (Phi) is 3.51. The van der Waals surface area contributed by atoms with Crippen LogP contribution in [0.2, 0.25) is 0 Å². The number of ether oxygens (including phenoxy) is 2. The first-order chi connectivity index (χ1) is 7.79. The molecule has 0 aromatic heterocycles. The quantitative estimate of drug-likeness (QED) is 0.762. The van der Waals surface area contributed by atoms with Crippen molar-refractivity contribution in [2.75, 3.05) is 37.9 Å². The van der Waals surface area contributed by atoms with Gasteiger partial charge in [0.1, 0.15) is 5.75 Å². The summed E-state index contributed by atoms with van der Waals surface area (Å²) in [5.41, 5.74) is 7.57. The fourth-order valence-corrected chi connectivity index (χ4v) is 1.81. The maximum atomic E-state index is 5.88. The molecular formula is C12H18N2O2. The second-order valence-corrected chi connectivity index (χ2v) is 4.06. The molecule has 3 N–H and O–H groups in total. The number of benzene rings is 1. The Morgan fingerprint density at radius 1 is 1.56 bits per heavy atom. The van der Waals surface area contributed by atoms with Crippen molar-refractivity contribution >= 4 is 11.4 Å². The van der Waals surface area contributed by atoms with Gasteiger partial charge < -0.3 is 20.5 Å². The fraction of sp³-hybridized carbons (Fsp3) is 0.500. The number of methoxy groups -OCH3 is 1. The van der Waals surface area contributed by atoms with Crippen molar-refractivity contribution in [3.05, 3.63) is 18.2 Å². The third-order valence-corrected chi connectivity index (χ3v) is 2.87. The summed E-state index contributed by atoms with van der Waals surface area (Å²) in [6.07, 6.45) is 1.12. The molecule has 0 spiro atoms. The minimum absolute atomic E-state index is 0.589. The summed E-state index contributed by atoms with van der Waals surface area (Å²) in [5, 5.41) is 3.34. The van der Waals surface area contributed by atoms with Gasteiger partial charge in [-0.1, -0.05) is 0 Å². The van der Waals surface area contributed by atoms with E-state index >= 15 is 0 Å². The van der Waals surface area contributed by atoms with Crippen molar-refractivity contribution in [2.45, 2.75) is 6.42 Å². The molecule has 1 atom stereocenters. The summed E-state index contributed by atoms with van der Waals surface area (Å²) in [5.74, 6) is 1.41. The maximum Gasteiger partial charge on any atom is 0.121 e. The zero-order chi connectivity index (χ0) is 11.4. The molecule has 2 rings (SSSR count). The van der Waals surface area contributed by atoms with Gasteiger partial charge in [0.15, 0.2) is 0 Å². The van der Waals surface area contributed by atoms with Gasteiger partial charge in [0.2, 0.25) is 0 Å². The van der Waals surface area contributed by atoms with Crippen molar-refractivity contribution in [1.29, 1.82) is 0 Å². The molecule has 0 saturated carbocycles. The van der Waals surface area contributed by atoms with E-state index in [-0.39, 0.29) is 0 Å². The minimum atomic E-state index is 0.589. The molecule has 1 unspecified atom stereocenters. The number of nitrogen functional groups attached to an aromatic ring is 1. The average molecular weight is 222 g/mol. The molecule has 1 fully saturated rings. The zero-order valence-electron chi connectivity index (χ0n) is 9.53. The lowest BCUT2D eigenvalue weighted by molar-refractivity contribution is 0.187. The van der Waals surface area contributed by atoms with Gasteiger partial charge in [-0.25, -0.2) is 0 Å². The lowest BCUT2D eigenvalue weighted by Crippen LogP contribution is -2.14. The number of hydrogen-bond acceptors (Lipinski definition) is 4. The summed E-state index contributed by atoms with van der Waals surface area (Å²) in [6.45, 7) is 2.62. The van der Waals surface area contributed by atoms with Crippen molar-refractivity contribution < 1.29 is 9.47 Å². The fourth-order valence-electron chi connectivity index (χ4n) is 1.81. The first-order valence-corrected chi connectivity index (χ1v) is 5.54. The summed E-state index contributed by atoms with van der Waals surface area (Å²) in [4.78, 5) is 0. The third kappa shape index (κ3) is 2.58. The average Bonchev–Trinajstić information content (AvgIpc) is 2.81. The topological polar surface area (TPSA) is 56.5 Å². The van der Waals surface area contributed by atoms with Crippen molar-refractivity contribution in [1.82, 2.24) is 0 Å². The molecular weight excluding hydrogens is 204 g/mol. The van der Waals surface area contributed by atoms with Crippen LogP contribution in [0.3, 0.4) is 0 Å². The monoisotopic (exact) mass is 222 g/mol. The standard InChI is InChI=1S/C12H18N2O2/c1-15-10-2-3-11(13)12(6-10)14-7-9-4-5-16-8-9/h2-3,6,9,14H,4-5,7-8,13H2,1H3. The highest BCUT2D eigenvalue weighted by Gasteiger charge is 2.15.